The molecule has 0 radical (unpaired) electrons. The summed E-state index contributed by atoms with van der Waals surface area (Å²) in [5.74, 6) is -0.913. The zero-order valence-corrected chi connectivity index (χ0v) is 19.1. The Bertz CT molecular complexity index is 998. The minimum absolute atomic E-state index is 0.0929. The fraction of sp³-hybridized carbons (Fsp3) is 0.333. The fourth-order valence-corrected chi connectivity index (χ4v) is 3.09. The third-order valence-electron chi connectivity index (χ3n) is 4.52. The number of esters is 1. The molecule has 0 aliphatic rings. The first-order chi connectivity index (χ1) is 15.7. The SMILES string of the molecule is CCOC(=O)C(Cc1ccc(NC(=O)c2cccc(N=C(N)N)c2)cc1)NC(=O)CC(C)C. The molecule has 2 amide bonds. The summed E-state index contributed by atoms with van der Waals surface area (Å²) in [7, 11) is 0. The average molecular weight is 454 g/mol. The van der Waals surface area contributed by atoms with Crippen molar-refractivity contribution in [3.05, 3.63) is 59.7 Å². The van der Waals surface area contributed by atoms with Crippen LogP contribution in [0.2, 0.25) is 0 Å². The Kier molecular flexibility index (Phi) is 9.41. The van der Waals surface area contributed by atoms with Crippen LogP contribution in [-0.2, 0) is 20.7 Å². The first-order valence-corrected chi connectivity index (χ1v) is 10.7. The van der Waals surface area contributed by atoms with Crippen molar-refractivity contribution >= 4 is 35.1 Å². The van der Waals surface area contributed by atoms with Gasteiger partial charge in [-0.2, -0.15) is 0 Å². The zero-order valence-electron chi connectivity index (χ0n) is 19.1. The van der Waals surface area contributed by atoms with Crippen LogP contribution in [0.5, 0.6) is 0 Å². The van der Waals surface area contributed by atoms with E-state index in [0.29, 0.717) is 23.4 Å². The van der Waals surface area contributed by atoms with Crippen LogP contribution in [0, 0.1) is 5.92 Å². The largest absolute Gasteiger partial charge is 0.464 e. The number of guanidine groups is 1. The van der Waals surface area contributed by atoms with Gasteiger partial charge in [-0.15, -0.1) is 0 Å². The molecule has 0 saturated heterocycles. The van der Waals surface area contributed by atoms with Crippen molar-refractivity contribution in [2.75, 3.05) is 11.9 Å². The van der Waals surface area contributed by atoms with Crippen molar-refractivity contribution in [3.63, 3.8) is 0 Å². The average Bonchev–Trinajstić information content (AvgIpc) is 2.74. The molecule has 2 rings (SSSR count). The molecule has 2 aromatic rings. The molecule has 1 unspecified atom stereocenters. The van der Waals surface area contributed by atoms with Crippen molar-refractivity contribution in [3.8, 4) is 0 Å². The molecule has 0 aliphatic carbocycles. The second-order valence-electron chi connectivity index (χ2n) is 7.91. The van der Waals surface area contributed by atoms with Crippen LogP contribution in [0.4, 0.5) is 11.4 Å². The molecule has 1 atom stereocenters. The highest BCUT2D eigenvalue weighted by atomic mass is 16.5. The van der Waals surface area contributed by atoms with E-state index in [1.165, 1.54) is 0 Å². The third kappa shape index (κ3) is 8.64. The number of hydrogen-bond donors (Lipinski definition) is 4. The summed E-state index contributed by atoms with van der Waals surface area (Å²) < 4.78 is 5.11. The second kappa shape index (κ2) is 12.2. The highest BCUT2D eigenvalue weighted by molar-refractivity contribution is 6.04. The lowest BCUT2D eigenvalue weighted by atomic mass is 10.0. The quantitative estimate of drug-likeness (QED) is 0.247. The zero-order chi connectivity index (χ0) is 24.4. The molecular formula is C24H31N5O4. The van der Waals surface area contributed by atoms with Gasteiger partial charge in [0.05, 0.1) is 12.3 Å². The summed E-state index contributed by atoms with van der Waals surface area (Å²) in [5.41, 5.74) is 13.0. The van der Waals surface area contributed by atoms with Crippen LogP contribution in [-0.4, -0.2) is 36.4 Å². The van der Waals surface area contributed by atoms with Gasteiger partial charge >= 0.3 is 5.97 Å². The molecular weight excluding hydrogens is 422 g/mol. The van der Waals surface area contributed by atoms with Gasteiger partial charge in [0.15, 0.2) is 5.96 Å². The van der Waals surface area contributed by atoms with Crippen molar-refractivity contribution in [2.24, 2.45) is 22.4 Å². The molecule has 0 bridgehead atoms. The van der Waals surface area contributed by atoms with Gasteiger partial charge in [0.25, 0.3) is 5.91 Å². The first kappa shape index (κ1) is 25.4. The number of rotatable bonds is 10. The smallest absolute Gasteiger partial charge is 0.328 e. The normalized spacial score (nSPS) is 11.4. The summed E-state index contributed by atoms with van der Waals surface area (Å²) in [5, 5.41) is 5.56. The van der Waals surface area contributed by atoms with Crippen LogP contribution in [0.15, 0.2) is 53.5 Å². The highest BCUT2D eigenvalue weighted by Gasteiger charge is 2.23. The molecule has 33 heavy (non-hydrogen) atoms. The van der Waals surface area contributed by atoms with Crippen molar-refractivity contribution in [2.45, 2.75) is 39.7 Å². The number of nitrogens with zero attached hydrogens (tertiary/aromatic N) is 1. The maximum absolute atomic E-state index is 12.6. The number of nitrogens with one attached hydrogen (secondary N) is 2. The van der Waals surface area contributed by atoms with Crippen molar-refractivity contribution in [1.29, 1.82) is 0 Å². The van der Waals surface area contributed by atoms with Gasteiger partial charge in [-0.1, -0.05) is 32.0 Å². The summed E-state index contributed by atoms with van der Waals surface area (Å²) in [4.78, 5) is 41.0. The highest BCUT2D eigenvalue weighted by Crippen LogP contribution is 2.17. The molecule has 2 aromatic carbocycles. The Morgan fingerprint density at radius 1 is 1.06 bits per heavy atom. The predicted molar refractivity (Wildman–Crippen MR) is 128 cm³/mol. The van der Waals surface area contributed by atoms with E-state index in [4.69, 9.17) is 16.2 Å². The van der Waals surface area contributed by atoms with Gasteiger partial charge in [0, 0.05) is 24.1 Å². The Morgan fingerprint density at radius 2 is 1.76 bits per heavy atom. The lowest BCUT2D eigenvalue weighted by Gasteiger charge is -2.18. The fourth-order valence-electron chi connectivity index (χ4n) is 3.09. The van der Waals surface area contributed by atoms with E-state index in [2.05, 4.69) is 15.6 Å². The number of carbonyl (C=O) groups excluding carboxylic acids is 3. The maximum Gasteiger partial charge on any atom is 0.328 e. The number of amides is 2. The summed E-state index contributed by atoms with van der Waals surface area (Å²) in [6.45, 7) is 5.81. The molecule has 6 N–H and O–H groups in total. The van der Waals surface area contributed by atoms with Gasteiger partial charge in [0.2, 0.25) is 5.91 Å². The number of aliphatic imine (C=N–C) groups is 1. The summed E-state index contributed by atoms with van der Waals surface area (Å²) in [6, 6.07) is 12.8. The monoisotopic (exact) mass is 453 g/mol. The Balaban J connectivity index is 2.06. The van der Waals surface area contributed by atoms with Crippen molar-refractivity contribution in [1.82, 2.24) is 5.32 Å². The van der Waals surface area contributed by atoms with Crippen LogP contribution < -0.4 is 22.1 Å². The van der Waals surface area contributed by atoms with Crippen LogP contribution in [0.1, 0.15) is 43.1 Å². The number of benzene rings is 2. The van der Waals surface area contributed by atoms with Gasteiger partial charge in [-0.3, -0.25) is 9.59 Å². The summed E-state index contributed by atoms with van der Waals surface area (Å²) in [6.07, 6.45) is 0.600. The van der Waals surface area contributed by atoms with Gasteiger partial charge < -0.3 is 26.8 Å². The molecule has 176 valence electrons. The van der Waals surface area contributed by atoms with E-state index < -0.39 is 12.0 Å². The lowest BCUT2D eigenvalue weighted by Crippen LogP contribution is -2.43. The Hall–Kier alpha value is -3.88. The molecule has 0 heterocycles. The van der Waals surface area contributed by atoms with E-state index in [1.807, 2.05) is 13.8 Å². The third-order valence-corrected chi connectivity index (χ3v) is 4.52. The van der Waals surface area contributed by atoms with E-state index in [-0.39, 0.29) is 36.7 Å². The molecule has 9 nitrogen and oxygen atoms in total. The summed E-state index contributed by atoms with van der Waals surface area (Å²) >= 11 is 0. The predicted octanol–water partition coefficient (Wildman–Crippen LogP) is 2.48. The minimum Gasteiger partial charge on any atom is -0.464 e. The molecule has 0 aliphatic heterocycles. The van der Waals surface area contributed by atoms with E-state index >= 15 is 0 Å². The number of carbonyl (C=O) groups is 3. The number of anilines is 1. The van der Waals surface area contributed by atoms with Crippen LogP contribution in [0.3, 0.4) is 0 Å². The van der Waals surface area contributed by atoms with Crippen molar-refractivity contribution < 1.29 is 19.1 Å². The maximum atomic E-state index is 12.6. The lowest BCUT2D eigenvalue weighted by molar-refractivity contribution is -0.147. The van der Waals surface area contributed by atoms with E-state index in [9.17, 15) is 14.4 Å². The standard InChI is InChI=1S/C24H31N5O4/c1-4-33-23(32)20(29-21(30)12-15(2)3)13-16-8-10-18(11-9-16)27-22(31)17-6-5-7-19(14-17)28-24(25)26/h5-11,14-15,20H,4,12-13H2,1-3H3,(H,27,31)(H,29,30)(H4,25,26,28). The second-order valence-corrected chi connectivity index (χ2v) is 7.91. The van der Waals surface area contributed by atoms with Gasteiger partial charge in [-0.25, -0.2) is 9.79 Å². The van der Waals surface area contributed by atoms with Gasteiger partial charge in [-0.05, 0) is 48.7 Å². The van der Waals surface area contributed by atoms with Crippen LogP contribution >= 0.6 is 0 Å². The number of nitrogens with two attached hydrogens (primary N) is 2. The minimum atomic E-state index is -0.782. The topological polar surface area (TPSA) is 149 Å². The molecule has 0 spiro atoms. The molecule has 0 fully saturated rings. The number of hydrogen-bond acceptors (Lipinski definition) is 5. The Labute approximate surface area is 193 Å². The first-order valence-electron chi connectivity index (χ1n) is 10.7. The van der Waals surface area contributed by atoms with E-state index in [1.54, 1.807) is 55.5 Å². The number of ether oxygens (including phenoxy) is 1. The molecule has 0 aromatic heterocycles. The van der Waals surface area contributed by atoms with Crippen LogP contribution in [0.25, 0.3) is 0 Å². The van der Waals surface area contributed by atoms with Gasteiger partial charge in [0.1, 0.15) is 6.04 Å². The molecule has 0 saturated carbocycles. The Morgan fingerprint density at radius 3 is 2.36 bits per heavy atom. The van der Waals surface area contributed by atoms with E-state index in [0.717, 1.165) is 5.56 Å². The molecule has 9 heteroatoms.